The van der Waals surface area contributed by atoms with E-state index >= 15 is 0 Å². The molecule has 1 rings (SSSR count). The highest BCUT2D eigenvalue weighted by molar-refractivity contribution is 5.70. The van der Waals surface area contributed by atoms with E-state index in [-0.39, 0.29) is 16.9 Å². The Labute approximate surface area is 96.6 Å². The van der Waals surface area contributed by atoms with Gasteiger partial charge in [-0.25, -0.2) is 0 Å². The Hall–Kier alpha value is -1.32. The number of hydrogen-bond donors (Lipinski definition) is 0. The monoisotopic (exact) mass is 224 g/mol. The summed E-state index contributed by atoms with van der Waals surface area (Å²) in [5, 5.41) is 4.25. The van der Waals surface area contributed by atoms with E-state index in [1.165, 1.54) is 7.11 Å². The van der Waals surface area contributed by atoms with Crippen molar-refractivity contribution in [2.45, 2.75) is 39.7 Å². The van der Waals surface area contributed by atoms with Gasteiger partial charge in [-0.05, 0) is 18.4 Å². The largest absolute Gasteiger partial charge is 0.469 e. The van der Waals surface area contributed by atoms with Gasteiger partial charge in [-0.15, -0.1) is 0 Å². The van der Waals surface area contributed by atoms with Crippen molar-refractivity contribution in [1.82, 2.24) is 9.78 Å². The molecule has 0 amide bonds. The van der Waals surface area contributed by atoms with Crippen molar-refractivity contribution in [2.24, 2.45) is 5.41 Å². The maximum Gasteiger partial charge on any atom is 0.307 e. The second-order valence-electron chi connectivity index (χ2n) is 5.23. The second kappa shape index (κ2) is 4.28. The van der Waals surface area contributed by atoms with Crippen LogP contribution in [0.2, 0.25) is 0 Å². The summed E-state index contributed by atoms with van der Waals surface area (Å²) >= 11 is 0. The molecule has 16 heavy (non-hydrogen) atoms. The first-order valence-corrected chi connectivity index (χ1v) is 5.38. The Morgan fingerprint density at radius 3 is 2.38 bits per heavy atom. The molecule has 0 saturated heterocycles. The van der Waals surface area contributed by atoms with E-state index in [1.54, 1.807) is 6.20 Å². The molecule has 0 fully saturated rings. The molecule has 0 aromatic carbocycles. The molecule has 1 unspecified atom stereocenters. The summed E-state index contributed by atoms with van der Waals surface area (Å²) in [6.07, 6.45) is 3.92. The lowest BCUT2D eigenvalue weighted by molar-refractivity contribution is -0.144. The number of nitrogens with zero attached hydrogens (tertiary/aromatic N) is 2. The number of ether oxygens (including phenoxy) is 1. The van der Waals surface area contributed by atoms with Gasteiger partial charge in [-0.1, -0.05) is 20.8 Å². The maximum absolute atomic E-state index is 11.5. The summed E-state index contributed by atoms with van der Waals surface area (Å²) in [6, 6.07) is 1.86. The van der Waals surface area contributed by atoms with Crippen LogP contribution in [0.1, 0.15) is 34.1 Å². The lowest BCUT2D eigenvalue weighted by Gasteiger charge is -2.41. The van der Waals surface area contributed by atoms with Crippen molar-refractivity contribution in [1.29, 1.82) is 0 Å². The number of carbonyl (C=O) groups is 1. The molecule has 0 aliphatic carbocycles. The normalized spacial score (nSPS) is 15.6. The zero-order chi connectivity index (χ0) is 12.4. The molecule has 0 spiro atoms. The first-order valence-electron chi connectivity index (χ1n) is 5.38. The number of rotatable bonds is 3. The van der Waals surface area contributed by atoms with E-state index in [1.807, 2.05) is 23.9 Å². The van der Waals surface area contributed by atoms with Gasteiger partial charge in [-0.2, -0.15) is 5.10 Å². The smallest absolute Gasteiger partial charge is 0.307 e. The lowest BCUT2D eigenvalue weighted by Crippen LogP contribution is -2.45. The van der Waals surface area contributed by atoms with Crippen molar-refractivity contribution in [3.05, 3.63) is 18.5 Å². The van der Waals surface area contributed by atoms with Crippen molar-refractivity contribution >= 4 is 5.97 Å². The summed E-state index contributed by atoms with van der Waals surface area (Å²) in [7, 11) is 1.41. The summed E-state index contributed by atoms with van der Waals surface area (Å²) in [6.45, 7) is 8.31. The zero-order valence-electron chi connectivity index (χ0n) is 10.7. The molecule has 0 aliphatic heterocycles. The van der Waals surface area contributed by atoms with Gasteiger partial charge >= 0.3 is 5.97 Å². The molecule has 4 heteroatoms. The average molecular weight is 224 g/mol. The highest BCUT2D eigenvalue weighted by Gasteiger charge is 2.41. The molecule has 1 aromatic rings. The molecule has 0 saturated carbocycles. The predicted molar refractivity (Wildman–Crippen MR) is 62.0 cm³/mol. The van der Waals surface area contributed by atoms with Gasteiger partial charge in [0.15, 0.2) is 0 Å². The number of hydrogen-bond acceptors (Lipinski definition) is 3. The van der Waals surface area contributed by atoms with Gasteiger partial charge in [0.25, 0.3) is 0 Å². The third-order valence-corrected chi connectivity index (χ3v) is 3.34. The summed E-state index contributed by atoms with van der Waals surface area (Å²) < 4.78 is 6.60. The fraction of sp³-hybridized carbons (Fsp3) is 0.667. The minimum absolute atomic E-state index is 0.0901. The van der Waals surface area contributed by atoms with Gasteiger partial charge in [0.2, 0.25) is 0 Å². The zero-order valence-corrected chi connectivity index (χ0v) is 10.7. The summed E-state index contributed by atoms with van der Waals surface area (Å²) in [5.74, 6) is -0.215. The van der Waals surface area contributed by atoms with Gasteiger partial charge in [0.05, 0.1) is 19.1 Å². The Morgan fingerprint density at radius 1 is 1.38 bits per heavy atom. The highest BCUT2D eigenvalue weighted by Crippen LogP contribution is 2.39. The summed E-state index contributed by atoms with van der Waals surface area (Å²) in [5.41, 5.74) is -0.475. The van der Waals surface area contributed by atoms with Crippen molar-refractivity contribution in [3.63, 3.8) is 0 Å². The Balaban J connectivity index is 3.09. The van der Waals surface area contributed by atoms with Crippen LogP contribution in [0.5, 0.6) is 0 Å². The van der Waals surface area contributed by atoms with E-state index in [4.69, 9.17) is 4.74 Å². The lowest BCUT2D eigenvalue weighted by atomic mass is 9.73. The third kappa shape index (κ3) is 2.26. The van der Waals surface area contributed by atoms with Gasteiger partial charge in [0.1, 0.15) is 0 Å². The van der Waals surface area contributed by atoms with Crippen LogP contribution >= 0.6 is 0 Å². The minimum atomic E-state index is -0.385. The van der Waals surface area contributed by atoms with Crippen LogP contribution in [0, 0.1) is 5.41 Å². The minimum Gasteiger partial charge on any atom is -0.469 e. The van der Waals surface area contributed by atoms with E-state index in [2.05, 4.69) is 25.9 Å². The van der Waals surface area contributed by atoms with E-state index in [0.29, 0.717) is 6.42 Å². The van der Waals surface area contributed by atoms with Crippen molar-refractivity contribution < 1.29 is 9.53 Å². The first-order chi connectivity index (χ1) is 7.31. The van der Waals surface area contributed by atoms with E-state index < -0.39 is 0 Å². The fourth-order valence-corrected chi connectivity index (χ4v) is 1.60. The summed E-state index contributed by atoms with van der Waals surface area (Å²) in [4.78, 5) is 11.5. The first kappa shape index (κ1) is 12.7. The number of esters is 1. The Morgan fingerprint density at radius 2 is 2.00 bits per heavy atom. The SMILES string of the molecule is COC(=O)CC(C)(n1cccn1)C(C)(C)C. The second-order valence-corrected chi connectivity index (χ2v) is 5.23. The van der Waals surface area contributed by atoms with Crippen molar-refractivity contribution in [3.8, 4) is 0 Å². The number of aromatic nitrogens is 2. The van der Waals surface area contributed by atoms with Crippen LogP contribution < -0.4 is 0 Å². The molecule has 0 aliphatic rings. The van der Waals surface area contributed by atoms with Gasteiger partial charge in [0, 0.05) is 12.4 Å². The van der Waals surface area contributed by atoms with Crippen LogP contribution in [0.4, 0.5) is 0 Å². The average Bonchev–Trinajstić information content (AvgIpc) is 2.68. The van der Waals surface area contributed by atoms with Crippen LogP contribution in [-0.2, 0) is 15.1 Å². The molecular formula is C12H20N2O2. The van der Waals surface area contributed by atoms with Crippen molar-refractivity contribution in [2.75, 3.05) is 7.11 Å². The molecular weight excluding hydrogens is 204 g/mol. The van der Waals surface area contributed by atoms with Gasteiger partial charge < -0.3 is 4.74 Å². The van der Waals surface area contributed by atoms with E-state index in [9.17, 15) is 4.79 Å². The molecule has 4 nitrogen and oxygen atoms in total. The number of carbonyl (C=O) groups excluding carboxylic acids is 1. The number of methoxy groups -OCH3 is 1. The molecule has 0 bridgehead atoms. The fourth-order valence-electron chi connectivity index (χ4n) is 1.60. The molecule has 1 aromatic heterocycles. The quantitative estimate of drug-likeness (QED) is 0.739. The predicted octanol–water partition coefficient (Wildman–Crippen LogP) is 2.21. The molecule has 1 heterocycles. The molecule has 0 radical (unpaired) electrons. The standard InChI is InChI=1S/C12H20N2O2/c1-11(2,3)12(4,9-10(15)16-5)14-8-6-7-13-14/h6-8H,9H2,1-5H3. The van der Waals surface area contributed by atoms with Crippen LogP contribution in [0.25, 0.3) is 0 Å². The van der Waals surface area contributed by atoms with Crippen LogP contribution in [0.15, 0.2) is 18.5 Å². The van der Waals surface area contributed by atoms with Gasteiger partial charge in [-0.3, -0.25) is 9.48 Å². The Kier molecular flexibility index (Phi) is 3.41. The third-order valence-electron chi connectivity index (χ3n) is 3.34. The molecule has 90 valence electrons. The Bertz CT molecular complexity index is 352. The van der Waals surface area contributed by atoms with Crippen LogP contribution in [-0.4, -0.2) is 22.9 Å². The highest BCUT2D eigenvalue weighted by atomic mass is 16.5. The maximum atomic E-state index is 11.5. The van der Waals surface area contributed by atoms with Crippen LogP contribution in [0.3, 0.4) is 0 Å². The molecule has 0 N–H and O–H groups in total. The topological polar surface area (TPSA) is 44.1 Å². The van der Waals surface area contributed by atoms with E-state index in [0.717, 1.165) is 0 Å². The molecule has 1 atom stereocenters.